The van der Waals surface area contributed by atoms with Gasteiger partial charge in [0.25, 0.3) is 41.9 Å². The molecule has 1 heterocycles. The van der Waals surface area contributed by atoms with Crippen molar-refractivity contribution >= 4 is 64.6 Å². The average Bonchev–Trinajstić information content (AvgIpc) is 3.44. The molecule has 1 aliphatic heterocycles. The molecule has 0 spiro atoms. The first-order valence-electron chi connectivity index (χ1n) is 12.5. The number of benzene rings is 4. The van der Waals surface area contributed by atoms with Crippen LogP contribution in [0.1, 0.15) is 5.56 Å². The fourth-order valence-corrected chi connectivity index (χ4v) is 6.06. The van der Waals surface area contributed by atoms with E-state index in [2.05, 4.69) is 15.3 Å². The molecule has 5 rings (SSSR count). The van der Waals surface area contributed by atoms with Gasteiger partial charge in [0.1, 0.15) is 21.2 Å². The number of hydrogen-bond donors (Lipinski definition) is 4. The zero-order chi connectivity index (χ0) is 33.4. The van der Waals surface area contributed by atoms with E-state index in [0.29, 0.717) is 0 Å². The van der Waals surface area contributed by atoms with E-state index in [4.69, 9.17) is 4.55 Å². The number of amidine groups is 1. The minimum absolute atomic E-state index is 0. The van der Waals surface area contributed by atoms with Gasteiger partial charge in [-0.2, -0.15) is 40.9 Å². The number of quaternary nitrogens is 1. The Labute approximate surface area is 317 Å². The van der Waals surface area contributed by atoms with Gasteiger partial charge in [-0.15, -0.1) is 10.2 Å². The predicted octanol–water partition coefficient (Wildman–Crippen LogP) is -3.16. The van der Waals surface area contributed by atoms with Crippen molar-refractivity contribution in [3.05, 3.63) is 107 Å². The Morgan fingerprint density at radius 1 is 0.708 bits per heavy atom. The van der Waals surface area contributed by atoms with Crippen LogP contribution in [0.2, 0.25) is 0 Å². The minimum Gasteiger partial charge on any atom is -0.282 e. The molecule has 48 heavy (non-hydrogen) atoms. The fraction of sp³-hybridized carbons (Fsp3) is 0. The number of anilines is 2. The molecule has 0 fully saturated rings. The summed E-state index contributed by atoms with van der Waals surface area (Å²) in [6, 6.07) is 18.3. The number of nitro benzene ring substituents is 1. The van der Waals surface area contributed by atoms with Crippen LogP contribution in [0.4, 0.5) is 28.4 Å². The van der Waals surface area contributed by atoms with Crippen molar-refractivity contribution in [1.82, 2.24) is 0 Å². The number of hydrazone groups is 1. The van der Waals surface area contributed by atoms with Crippen molar-refractivity contribution in [2.24, 2.45) is 15.3 Å². The fourth-order valence-electron chi connectivity index (χ4n) is 4.19. The van der Waals surface area contributed by atoms with Gasteiger partial charge in [-0.05, 0) is 66.7 Å². The third-order valence-electron chi connectivity index (χ3n) is 6.27. The number of nitro groups is 1. The van der Waals surface area contributed by atoms with Crippen LogP contribution >= 0.6 is 0 Å². The maximum atomic E-state index is 12.6. The summed E-state index contributed by atoms with van der Waals surface area (Å²) in [5.74, 6) is -0.0787. The van der Waals surface area contributed by atoms with Gasteiger partial charge in [0, 0.05) is 12.1 Å². The van der Waals surface area contributed by atoms with Gasteiger partial charge in [0.2, 0.25) is 0 Å². The molecule has 0 aliphatic carbocycles. The Hall–Kier alpha value is -3.16. The second kappa shape index (κ2) is 15.2. The zero-order valence-corrected chi connectivity index (χ0v) is 31.2. The van der Waals surface area contributed by atoms with E-state index < -0.39 is 45.1 Å². The molecule has 0 saturated heterocycles. The van der Waals surface area contributed by atoms with Crippen molar-refractivity contribution in [1.29, 1.82) is 0 Å². The zero-order valence-electron chi connectivity index (χ0n) is 24.8. The van der Waals surface area contributed by atoms with Crippen molar-refractivity contribution in [3.63, 3.8) is 0 Å². The number of rotatable bonds is 9. The molecular formula is C25H20N7Na2O11S3+3. The Kier molecular flexibility index (Phi) is 12.4. The van der Waals surface area contributed by atoms with Gasteiger partial charge in [-0.1, -0.05) is 17.2 Å². The number of non-ortho nitro benzene ring substituents is 1. The van der Waals surface area contributed by atoms with Gasteiger partial charge >= 0.3 is 59.1 Å². The smallest absolute Gasteiger partial charge is 0.282 e. The summed E-state index contributed by atoms with van der Waals surface area (Å²) in [5, 5.41) is 25.6. The molecule has 0 bridgehead atoms. The standard InChI is InChI=1S/C25H19N7O11S3.2Na/c33-32(34)19-10-8-18(9-11-19)30-28-25(21-3-1-2-4-23(21)45(38,39)40)29-31(30)22-14-7-17(15-24(22)46(41,42)43)27-26-16-5-12-20(13-6-16)44(35,36)37;;/h1-15H,(H,28,29)(H,35,36,37)(H,38,39,40)(H,41,42,43);;/q;2*+1/p+1. The minimum atomic E-state index is -5.01. The van der Waals surface area contributed by atoms with Crippen LogP contribution in [0, 0.1) is 10.1 Å². The second-order valence-corrected chi connectivity index (χ2v) is 13.5. The maximum Gasteiger partial charge on any atom is 1.00 e. The van der Waals surface area contributed by atoms with Crippen LogP contribution < -0.4 is 74.8 Å². The second-order valence-electron chi connectivity index (χ2n) is 9.29. The third kappa shape index (κ3) is 8.89. The van der Waals surface area contributed by atoms with Crippen LogP contribution in [-0.2, 0) is 30.4 Å². The molecule has 18 nitrogen and oxygen atoms in total. The first-order chi connectivity index (χ1) is 21.5. The molecule has 238 valence electrons. The largest absolute Gasteiger partial charge is 1.00 e. The molecule has 23 heteroatoms. The summed E-state index contributed by atoms with van der Waals surface area (Å²) in [6.45, 7) is 0. The molecule has 0 saturated carbocycles. The van der Waals surface area contributed by atoms with Crippen LogP contribution in [0.3, 0.4) is 0 Å². The van der Waals surface area contributed by atoms with Crippen LogP contribution in [-0.4, -0.2) is 49.7 Å². The number of hydrazine groups is 1. The summed E-state index contributed by atoms with van der Waals surface area (Å²) < 4.78 is 101. The monoisotopic (exact) mass is 736 g/mol. The van der Waals surface area contributed by atoms with E-state index in [1.807, 2.05) is 0 Å². The Balaban J connectivity index is 0.00000312. The quantitative estimate of drug-likeness (QED) is 0.0331. The van der Waals surface area contributed by atoms with E-state index in [-0.39, 0.29) is 104 Å². The van der Waals surface area contributed by atoms with Crippen molar-refractivity contribution in [2.45, 2.75) is 14.7 Å². The SMILES string of the molecule is O=[N+]([O-])c1ccc(N2[NH2+]C(c3ccccc3S(=O)(=O)O)=NN2c2ccc(N=Nc3ccc(S(=O)(=O)O)cc3)cc2S(=O)(=O)O)cc1.[Na+].[Na+]. The summed E-state index contributed by atoms with van der Waals surface area (Å²) in [6.07, 6.45) is 0. The molecule has 0 aromatic heterocycles. The van der Waals surface area contributed by atoms with Gasteiger partial charge in [-0.3, -0.25) is 23.8 Å². The molecule has 0 unspecified atom stereocenters. The normalized spacial score (nSPS) is 13.5. The summed E-state index contributed by atoms with van der Waals surface area (Å²) >= 11 is 0. The number of hydrogen-bond acceptors (Lipinski definition) is 13. The van der Waals surface area contributed by atoms with E-state index in [1.54, 1.807) is 0 Å². The molecule has 0 radical (unpaired) electrons. The Morgan fingerprint density at radius 3 is 1.83 bits per heavy atom. The maximum absolute atomic E-state index is 12.6. The van der Waals surface area contributed by atoms with Crippen molar-refractivity contribution in [3.8, 4) is 0 Å². The molecular weight excluding hydrogens is 716 g/mol. The molecule has 4 aromatic rings. The predicted molar refractivity (Wildman–Crippen MR) is 159 cm³/mol. The number of azo groups is 1. The van der Waals surface area contributed by atoms with Crippen LogP contribution in [0.15, 0.2) is 121 Å². The Bertz CT molecular complexity index is 2260. The van der Waals surface area contributed by atoms with Gasteiger partial charge < -0.3 is 0 Å². The molecule has 1 aliphatic rings. The summed E-state index contributed by atoms with van der Waals surface area (Å²) in [7, 11) is -14.2. The average molecular weight is 737 g/mol. The van der Waals surface area contributed by atoms with Crippen LogP contribution in [0.25, 0.3) is 0 Å². The van der Waals surface area contributed by atoms with E-state index >= 15 is 0 Å². The van der Waals surface area contributed by atoms with Crippen molar-refractivity contribution in [2.75, 3.05) is 10.2 Å². The first-order valence-corrected chi connectivity index (χ1v) is 16.8. The molecule has 5 N–H and O–H groups in total. The summed E-state index contributed by atoms with van der Waals surface area (Å²) in [4.78, 5) is 8.95. The van der Waals surface area contributed by atoms with Gasteiger partial charge in [0.15, 0.2) is 0 Å². The third-order valence-corrected chi connectivity index (χ3v) is 8.93. The Morgan fingerprint density at radius 2 is 1.27 bits per heavy atom. The number of nitrogens with two attached hydrogens (primary N) is 1. The van der Waals surface area contributed by atoms with Gasteiger partial charge in [0.05, 0.1) is 26.8 Å². The molecule has 0 amide bonds. The van der Waals surface area contributed by atoms with E-state index in [1.165, 1.54) is 77.3 Å². The van der Waals surface area contributed by atoms with E-state index in [0.717, 1.165) is 29.4 Å². The van der Waals surface area contributed by atoms with Crippen molar-refractivity contribution < 1.29 is 108 Å². The number of nitrogens with zero attached hydrogens (tertiary/aromatic N) is 6. The van der Waals surface area contributed by atoms with E-state index in [9.17, 15) is 44.5 Å². The molecule has 0 atom stereocenters. The van der Waals surface area contributed by atoms with Crippen LogP contribution in [0.5, 0.6) is 0 Å². The summed E-state index contributed by atoms with van der Waals surface area (Å²) in [5.41, 5.74) is 0.936. The van der Waals surface area contributed by atoms with Gasteiger partial charge in [-0.25, -0.2) is 0 Å². The molecule has 4 aromatic carbocycles. The topological polar surface area (TPSA) is 266 Å². The first kappa shape index (κ1) is 39.3.